The average molecular weight is 1380 g/mol. The standard InChI is InChI=1S/C81H104O19/c1-52(2)76(84)98-69-31-23-60(24-32-69)59-15-19-64(20-16-59)73-46-65(61-25-33-70(34-26-61)99-78(86)54(4)48-83)30-38-75(73)94-42-44-97-81(89)68(51-92-8)22-21-67(50-91-7)80(88)95-40-39-56-9-11-57(12-10-56)58-13-17-63(18-14-58)72-45-66(29-37-74(72)93-41-43-96-77(85)53(3)47-82)62-27-35-71(36-28-62)100-79(87)55(5)49-90-6/h21-22,25-30,33-38,45-46,54-60,63-64,69,82-83H,1,3,9-20,23-24,31-32,39-44,47-51H2,2,4-8H3/b67-21-,68-22+. The predicted octanol–water partition coefficient (Wildman–Crippen LogP) is 13.9. The van der Waals surface area contributed by atoms with Crippen LogP contribution >= 0.6 is 0 Å². The van der Waals surface area contributed by atoms with Gasteiger partial charge in [0.15, 0.2) is 0 Å². The molecule has 19 nitrogen and oxygen atoms in total. The summed E-state index contributed by atoms with van der Waals surface area (Å²) < 4.78 is 62.3. The monoisotopic (exact) mass is 1380 g/mol. The first-order valence-electron chi connectivity index (χ1n) is 35.7. The van der Waals surface area contributed by atoms with Crippen molar-refractivity contribution in [2.45, 2.75) is 148 Å². The third-order valence-corrected chi connectivity index (χ3v) is 20.3. The zero-order valence-corrected chi connectivity index (χ0v) is 59.4. The molecule has 0 aromatic heterocycles. The number of methoxy groups -OCH3 is 3. The molecule has 0 radical (unpaired) electrons. The zero-order chi connectivity index (χ0) is 71.5. The Hall–Kier alpha value is -7.94. The molecule has 19 heteroatoms. The number of aliphatic hydroxyl groups is 2. The number of carbonyl (C=O) groups excluding carboxylic acids is 6. The molecular weight excluding hydrogens is 1280 g/mol. The molecule has 4 aliphatic rings. The van der Waals surface area contributed by atoms with Gasteiger partial charge in [-0.05, 0) is 253 Å². The summed E-state index contributed by atoms with van der Waals surface area (Å²) in [6, 6.07) is 27.0. The van der Waals surface area contributed by atoms with Gasteiger partial charge in [0.05, 0.1) is 68.2 Å². The van der Waals surface area contributed by atoms with Crippen molar-refractivity contribution in [3.8, 4) is 45.3 Å². The summed E-state index contributed by atoms with van der Waals surface area (Å²) in [4.78, 5) is 76.5. The maximum Gasteiger partial charge on any atom is 0.336 e. The highest BCUT2D eigenvalue weighted by molar-refractivity contribution is 5.92. The molecule has 2 N–H and O–H groups in total. The van der Waals surface area contributed by atoms with E-state index in [2.05, 4.69) is 25.3 Å². The minimum absolute atomic E-state index is 0.00430. The second kappa shape index (κ2) is 39.9. The lowest BCUT2D eigenvalue weighted by molar-refractivity contribution is -0.146. The lowest BCUT2D eigenvalue weighted by Gasteiger charge is -2.38. The predicted molar refractivity (Wildman–Crippen MR) is 378 cm³/mol. The molecule has 2 atom stereocenters. The van der Waals surface area contributed by atoms with E-state index in [-0.39, 0.29) is 106 Å². The molecule has 0 saturated heterocycles. The molecule has 2 unspecified atom stereocenters. The Bertz CT molecular complexity index is 3410. The van der Waals surface area contributed by atoms with Gasteiger partial charge in [-0.15, -0.1) is 0 Å². The summed E-state index contributed by atoms with van der Waals surface area (Å²) in [7, 11) is 4.52. The van der Waals surface area contributed by atoms with Crippen LogP contribution in [0.4, 0.5) is 0 Å². The van der Waals surface area contributed by atoms with Crippen molar-refractivity contribution in [1.29, 1.82) is 0 Å². The Morgan fingerprint density at radius 3 is 1.31 bits per heavy atom. The van der Waals surface area contributed by atoms with Gasteiger partial charge in [-0.2, -0.15) is 0 Å². The summed E-state index contributed by atoms with van der Waals surface area (Å²) in [6.45, 7) is 12.1. The van der Waals surface area contributed by atoms with Gasteiger partial charge in [-0.3, -0.25) is 9.59 Å². The number of ether oxygens (including phenoxy) is 11. The summed E-state index contributed by atoms with van der Waals surface area (Å²) in [5.41, 5.74) is 6.86. The van der Waals surface area contributed by atoms with Gasteiger partial charge >= 0.3 is 35.8 Å². The van der Waals surface area contributed by atoms with E-state index in [0.29, 0.717) is 52.4 Å². The topological polar surface area (TPSA) is 244 Å². The van der Waals surface area contributed by atoms with E-state index in [1.54, 1.807) is 52.1 Å². The van der Waals surface area contributed by atoms with Gasteiger partial charge in [-0.25, -0.2) is 19.2 Å². The van der Waals surface area contributed by atoms with E-state index in [1.165, 1.54) is 26.4 Å². The molecule has 0 heterocycles. The molecule has 8 rings (SSSR count). The molecular formula is C81H104O19. The number of hydrogen-bond acceptors (Lipinski definition) is 19. The van der Waals surface area contributed by atoms with Crippen molar-refractivity contribution in [3.63, 3.8) is 0 Å². The van der Waals surface area contributed by atoms with E-state index < -0.39 is 42.3 Å². The van der Waals surface area contributed by atoms with Crippen LogP contribution in [0.1, 0.15) is 153 Å². The van der Waals surface area contributed by atoms with Crippen LogP contribution in [0.5, 0.6) is 23.0 Å². The lowest BCUT2D eigenvalue weighted by atomic mass is 9.68. The van der Waals surface area contributed by atoms with Crippen LogP contribution in [0.15, 0.2) is 133 Å². The van der Waals surface area contributed by atoms with Crippen LogP contribution in [0.3, 0.4) is 0 Å². The second-order valence-electron chi connectivity index (χ2n) is 27.5. The summed E-state index contributed by atoms with van der Waals surface area (Å²) in [5, 5.41) is 18.7. The first-order valence-corrected chi connectivity index (χ1v) is 35.7. The minimum atomic E-state index is -0.663. The summed E-state index contributed by atoms with van der Waals surface area (Å²) >= 11 is 0. The molecule has 100 heavy (non-hydrogen) atoms. The number of allylic oxidation sites excluding steroid dienone is 2. The summed E-state index contributed by atoms with van der Waals surface area (Å²) in [5.74, 6) is 1.51. The zero-order valence-electron chi connectivity index (χ0n) is 59.4. The Morgan fingerprint density at radius 2 is 0.890 bits per heavy atom. The third kappa shape index (κ3) is 23.0. The largest absolute Gasteiger partial charge is 0.490 e. The molecule has 0 bridgehead atoms. The molecule has 0 spiro atoms. The van der Waals surface area contributed by atoms with E-state index in [9.17, 15) is 39.0 Å². The fourth-order valence-electron chi connectivity index (χ4n) is 14.4. The number of esters is 6. The maximum absolute atomic E-state index is 13.6. The van der Waals surface area contributed by atoms with Crippen molar-refractivity contribution in [2.75, 3.05) is 87.4 Å². The summed E-state index contributed by atoms with van der Waals surface area (Å²) in [6.07, 6.45) is 20.1. The smallest absolute Gasteiger partial charge is 0.336 e. The normalized spacial score (nSPS) is 21.7. The maximum atomic E-state index is 13.6. The van der Waals surface area contributed by atoms with Crippen molar-refractivity contribution >= 4 is 35.8 Å². The van der Waals surface area contributed by atoms with Gasteiger partial charge in [0.2, 0.25) is 0 Å². The highest BCUT2D eigenvalue weighted by atomic mass is 16.6. The Morgan fingerprint density at radius 1 is 0.480 bits per heavy atom. The number of hydrogen-bond donors (Lipinski definition) is 2. The molecule has 4 aliphatic carbocycles. The van der Waals surface area contributed by atoms with Gasteiger partial charge in [0.25, 0.3) is 0 Å². The van der Waals surface area contributed by atoms with Crippen molar-refractivity contribution < 1.29 is 91.1 Å². The Labute approximate surface area is 589 Å². The van der Waals surface area contributed by atoms with Gasteiger partial charge < -0.3 is 62.3 Å². The van der Waals surface area contributed by atoms with E-state index in [0.717, 1.165) is 148 Å². The van der Waals surface area contributed by atoms with Crippen molar-refractivity contribution in [3.05, 3.63) is 144 Å². The number of benzene rings is 4. The van der Waals surface area contributed by atoms with E-state index in [1.807, 2.05) is 48.5 Å². The van der Waals surface area contributed by atoms with Gasteiger partial charge in [0, 0.05) is 26.9 Å². The molecule has 4 aromatic carbocycles. The van der Waals surface area contributed by atoms with Gasteiger partial charge in [0.1, 0.15) is 55.5 Å². The van der Waals surface area contributed by atoms with Crippen LogP contribution < -0.4 is 18.9 Å². The Balaban J connectivity index is 0.811. The van der Waals surface area contributed by atoms with Crippen LogP contribution in [0.25, 0.3) is 22.3 Å². The highest BCUT2D eigenvalue weighted by Gasteiger charge is 2.35. The number of rotatable bonds is 35. The van der Waals surface area contributed by atoms with Crippen LogP contribution in [-0.2, 0) is 61.9 Å². The van der Waals surface area contributed by atoms with E-state index >= 15 is 0 Å². The van der Waals surface area contributed by atoms with Crippen molar-refractivity contribution in [2.24, 2.45) is 41.4 Å². The number of aliphatic hydroxyl groups excluding tert-OH is 2. The minimum Gasteiger partial charge on any atom is -0.490 e. The quantitative estimate of drug-likeness (QED) is 0.0109. The average Bonchev–Trinajstić information content (AvgIpc) is 1.02. The second-order valence-corrected chi connectivity index (χ2v) is 27.5. The molecule has 4 saturated carbocycles. The molecule has 4 fully saturated rings. The van der Waals surface area contributed by atoms with Gasteiger partial charge in [-0.1, -0.05) is 62.4 Å². The fraction of sp³-hybridized carbons (Fsp3) is 0.531. The molecule has 542 valence electrons. The Kier molecular flexibility index (Phi) is 31.0. The van der Waals surface area contributed by atoms with Crippen molar-refractivity contribution in [1.82, 2.24) is 0 Å². The first-order chi connectivity index (χ1) is 48.4. The SMILES string of the molecule is C=C(C)C(=O)OC1CCC(C2CCC(c3cc(-c4ccc(OC(=O)C(C)CO)cc4)ccc3OCCOC(=O)/C(=C/C=C(/COC)C(=O)OCCC3CCC(C4CCC(c5cc(-c6ccc(OC(=O)C(C)COC)cc6)ccc5OCCOC(=O)C(=C)CO)CC4)CC3)COC)CC2)CC1. The van der Waals surface area contributed by atoms with Crippen LogP contribution in [0, 0.1) is 41.4 Å². The van der Waals surface area contributed by atoms with Crippen LogP contribution in [0.2, 0.25) is 0 Å². The first kappa shape index (κ1) is 77.8. The third-order valence-electron chi connectivity index (χ3n) is 20.3. The van der Waals surface area contributed by atoms with E-state index in [4.69, 9.17) is 52.1 Å². The van der Waals surface area contributed by atoms with Crippen LogP contribution in [-0.4, -0.2) is 140 Å². The molecule has 4 aromatic rings. The fourth-order valence-corrected chi connectivity index (χ4v) is 14.4. The molecule has 0 aliphatic heterocycles. The lowest BCUT2D eigenvalue weighted by Crippen LogP contribution is -2.29. The molecule has 0 amide bonds. The highest BCUT2D eigenvalue weighted by Crippen LogP contribution is 2.48. The number of carbonyl (C=O) groups is 6.